The molecule has 2 N–H and O–H groups in total. The molecule has 2 heterocycles. The Bertz CT molecular complexity index is 1320. The SMILES string of the molecule is CCOc1cc(OC)c2c(Nc3cnn(CC(=O)Nc4cccc(F)c4F)c3)ncnc2c1.Cl. The van der Waals surface area contributed by atoms with Gasteiger partial charge in [-0.05, 0) is 19.1 Å². The van der Waals surface area contributed by atoms with Crippen molar-refractivity contribution in [1.82, 2.24) is 19.7 Å². The number of hydrogen-bond acceptors (Lipinski definition) is 7. The molecule has 0 aliphatic heterocycles. The molecule has 0 aliphatic carbocycles. The maximum absolute atomic E-state index is 13.8. The number of methoxy groups -OCH3 is 1. The number of nitrogens with one attached hydrogen (secondary N) is 2. The lowest BCUT2D eigenvalue weighted by molar-refractivity contribution is -0.116. The van der Waals surface area contributed by atoms with E-state index in [-0.39, 0.29) is 24.6 Å². The Balaban J connectivity index is 0.00000324. The van der Waals surface area contributed by atoms with E-state index in [4.69, 9.17) is 9.47 Å². The number of amides is 1. The molecule has 0 aliphatic rings. The molecule has 0 fully saturated rings. The summed E-state index contributed by atoms with van der Waals surface area (Å²) >= 11 is 0. The molecule has 34 heavy (non-hydrogen) atoms. The number of nitrogens with zero attached hydrogens (tertiary/aromatic N) is 4. The molecule has 12 heteroatoms. The van der Waals surface area contributed by atoms with Crippen LogP contribution in [0.1, 0.15) is 6.92 Å². The molecule has 9 nitrogen and oxygen atoms in total. The van der Waals surface area contributed by atoms with Gasteiger partial charge < -0.3 is 20.1 Å². The zero-order valence-corrected chi connectivity index (χ0v) is 19.0. The number of ether oxygens (including phenoxy) is 2. The fraction of sp³-hybridized carbons (Fsp3) is 0.182. The molecule has 1 amide bonds. The van der Waals surface area contributed by atoms with Gasteiger partial charge in [0.2, 0.25) is 5.91 Å². The van der Waals surface area contributed by atoms with E-state index in [9.17, 15) is 13.6 Å². The van der Waals surface area contributed by atoms with Gasteiger partial charge >= 0.3 is 0 Å². The second-order valence-corrected chi connectivity index (χ2v) is 6.88. The zero-order chi connectivity index (χ0) is 23.4. The Morgan fingerprint density at radius 1 is 1.21 bits per heavy atom. The van der Waals surface area contributed by atoms with E-state index in [0.29, 0.717) is 40.5 Å². The minimum Gasteiger partial charge on any atom is -0.496 e. The predicted molar refractivity (Wildman–Crippen MR) is 125 cm³/mol. The van der Waals surface area contributed by atoms with E-state index < -0.39 is 17.5 Å². The van der Waals surface area contributed by atoms with Crippen molar-refractivity contribution in [2.45, 2.75) is 13.5 Å². The number of carbonyl (C=O) groups is 1. The molecule has 178 valence electrons. The highest BCUT2D eigenvalue weighted by atomic mass is 35.5. The number of aromatic nitrogens is 4. The van der Waals surface area contributed by atoms with E-state index in [1.165, 1.54) is 29.3 Å². The van der Waals surface area contributed by atoms with Crippen LogP contribution in [-0.4, -0.2) is 39.4 Å². The molecular weight excluding hydrogens is 470 g/mol. The summed E-state index contributed by atoms with van der Waals surface area (Å²) < 4.78 is 39.5. The van der Waals surface area contributed by atoms with Crippen molar-refractivity contribution >= 4 is 46.4 Å². The predicted octanol–water partition coefficient (Wildman–Crippen LogP) is 4.32. The summed E-state index contributed by atoms with van der Waals surface area (Å²) in [5.74, 6) is -1.09. The van der Waals surface area contributed by atoms with Crippen molar-refractivity contribution in [1.29, 1.82) is 0 Å². The third-order valence-corrected chi connectivity index (χ3v) is 4.63. The summed E-state index contributed by atoms with van der Waals surface area (Å²) in [6.45, 7) is 2.18. The number of halogens is 3. The highest BCUT2D eigenvalue weighted by Crippen LogP contribution is 2.35. The van der Waals surface area contributed by atoms with Crippen LogP contribution in [0.3, 0.4) is 0 Å². The molecule has 0 unspecified atom stereocenters. The lowest BCUT2D eigenvalue weighted by atomic mass is 10.2. The van der Waals surface area contributed by atoms with E-state index in [1.54, 1.807) is 25.4 Å². The van der Waals surface area contributed by atoms with Crippen LogP contribution < -0.4 is 20.1 Å². The smallest absolute Gasteiger partial charge is 0.246 e. The van der Waals surface area contributed by atoms with Crippen molar-refractivity contribution < 1.29 is 23.0 Å². The lowest BCUT2D eigenvalue weighted by Gasteiger charge is -2.12. The van der Waals surface area contributed by atoms with Gasteiger partial charge in [0.1, 0.15) is 30.2 Å². The first-order valence-electron chi connectivity index (χ1n) is 9.97. The van der Waals surface area contributed by atoms with Crippen LogP contribution in [0.4, 0.5) is 26.0 Å². The minimum absolute atomic E-state index is 0. The number of hydrogen-bond donors (Lipinski definition) is 2. The monoisotopic (exact) mass is 490 g/mol. The molecule has 0 bridgehead atoms. The van der Waals surface area contributed by atoms with Crippen LogP contribution >= 0.6 is 12.4 Å². The van der Waals surface area contributed by atoms with Crippen LogP contribution in [0.15, 0.2) is 49.1 Å². The molecule has 2 aromatic heterocycles. The van der Waals surface area contributed by atoms with Crippen LogP contribution in [-0.2, 0) is 11.3 Å². The van der Waals surface area contributed by atoms with Gasteiger partial charge in [-0.1, -0.05) is 6.07 Å². The third kappa shape index (κ3) is 5.31. The molecule has 2 aromatic carbocycles. The molecule has 0 radical (unpaired) electrons. The largest absolute Gasteiger partial charge is 0.496 e. The van der Waals surface area contributed by atoms with Gasteiger partial charge in [-0.2, -0.15) is 5.10 Å². The second-order valence-electron chi connectivity index (χ2n) is 6.88. The summed E-state index contributed by atoms with van der Waals surface area (Å²) in [4.78, 5) is 20.8. The number of benzene rings is 2. The highest BCUT2D eigenvalue weighted by molar-refractivity contribution is 5.96. The Labute approximate surface area is 199 Å². The maximum atomic E-state index is 13.8. The average Bonchev–Trinajstić information content (AvgIpc) is 3.23. The summed E-state index contributed by atoms with van der Waals surface area (Å²) in [6.07, 6.45) is 4.49. The second kappa shape index (κ2) is 10.8. The van der Waals surface area contributed by atoms with E-state index >= 15 is 0 Å². The van der Waals surface area contributed by atoms with Crippen molar-refractivity contribution in [3.05, 3.63) is 60.7 Å². The average molecular weight is 491 g/mol. The first-order valence-corrected chi connectivity index (χ1v) is 9.97. The van der Waals surface area contributed by atoms with Gasteiger partial charge in [-0.3, -0.25) is 9.48 Å². The molecule has 0 spiro atoms. The van der Waals surface area contributed by atoms with Crippen molar-refractivity contribution in [2.24, 2.45) is 0 Å². The van der Waals surface area contributed by atoms with Crippen LogP contribution in [0.2, 0.25) is 0 Å². The minimum atomic E-state index is -1.12. The molecule has 0 atom stereocenters. The lowest BCUT2D eigenvalue weighted by Crippen LogP contribution is -2.19. The quantitative estimate of drug-likeness (QED) is 0.379. The maximum Gasteiger partial charge on any atom is 0.246 e. The third-order valence-electron chi connectivity index (χ3n) is 4.63. The van der Waals surface area contributed by atoms with Crippen molar-refractivity contribution in [3.8, 4) is 11.5 Å². The number of fused-ring (bicyclic) bond motifs is 1. The Kier molecular flexibility index (Phi) is 7.79. The van der Waals surface area contributed by atoms with E-state index in [1.807, 2.05) is 6.92 Å². The Morgan fingerprint density at radius 2 is 2.03 bits per heavy atom. The standard InChI is InChI=1S/C22H20F2N6O3.ClH/c1-3-33-14-7-17-20(18(8-14)32-2)22(26-12-25-17)28-13-9-27-30(10-13)11-19(31)29-16-6-4-5-15(23)21(16)24;/h4-10,12H,3,11H2,1-2H3,(H,29,31)(H,25,26,28);1H. The Hall–Kier alpha value is -3.99. The molecule has 4 rings (SSSR count). The summed E-state index contributed by atoms with van der Waals surface area (Å²) in [5.41, 5.74) is 0.936. The fourth-order valence-corrected chi connectivity index (χ4v) is 3.22. The topological polar surface area (TPSA) is 103 Å². The van der Waals surface area contributed by atoms with Gasteiger partial charge in [0.15, 0.2) is 11.6 Å². The number of carbonyl (C=O) groups excluding carboxylic acids is 1. The van der Waals surface area contributed by atoms with Crippen molar-refractivity contribution in [2.75, 3.05) is 24.4 Å². The highest BCUT2D eigenvalue weighted by Gasteiger charge is 2.15. The summed E-state index contributed by atoms with van der Waals surface area (Å²) in [6, 6.07) is 7.09. The fourth-order valence-electron chi connectivity index (χ4n) is 3.22. The molecule has 0 saturated heterocycles. The van der Waals surface area contributed by atoms with Gasteiger partial charge in [0, 0.05) is 18.3 Å². The molecular formula is C22H21ClF2N6O3. The van der Waals surface area contributed by atoms with Crippen LogP contribution in [0.25, 0.3) is 10.9 Å². The van der Waals surface area contributed by atoms with Crippen LogP contribution in [0.5, 0.6) is 11.5 Å². The van der Waals surface area contributed by atoms with Gasteiger partial charge in [-0.15, -0.1) is 12.4 Å². The molecule has 4 aromatic rings. The van der Waals surface area contributed by atoms with E-state index in [2.05, 4.69) is 25.7 Å². The van der Waals surface area contributed by atoms with Crippen LogP contribution in [0, 0.1) is 11.6 Å². The summed E-state index contributed by atoms with van der Waals surface area (Å²) in [5, 5.41) is 10.2. The number of rotatable bonds is 8. The number of anilines is 3. The Morgan fingerprint density at radius 3 is 2.79 bits per heavy atom. The normalized spacial score (nSPS) is 10.5. The van der Waals surface area contributed by atoms with Gasteiger partial charge in [0.05, 0.1) is 42.2 Å². The summed E-state index contributed by atoms with van der Waals surface area (Å²) in [7, 11) is 1.54. The van der Waals surface area contributed by atoms with Gasteiger partial charge in [-0.25, -0.2) is 18.7 Å². The first-order chi connectivity index (χ1) is 16.0. The first kappa shape index (κ1) is 24.6. The van der Waals surface area contributed by atoms with Gasteiger partial charge in [0.25, 0.3) is 0 Å². The van der Waals surface area contributed by atoms with E-state index in [0.717, 1.165) is 6.07 Å². The molecule has 0 saturated carbocycles. The zero-order valence-electron chi connectivity index (χ0n) is 18.2. The van der Waals surface area contributed by atoms with Crippen molar-refractivity contribution in [3.63, 3.8) is 0 Å².